The van der Waals surface area contributed by atoms with Gasteiger partial charge < -0.3 is 19.1 Å². The van der Waals surface area contributed by atoms with Crippen molar-refractivity contribution in [2.45, 2.75) is 71.0 Å². The van der Waals surface area contributed by atoms with Crippen molar-refractivity contribution in [3.05, 3.63) is 0 Å². The van der Waals surface area contributed by atoms with Gasteiger partial charge in [-0.3, -0.25) is 0 Å². The van der Waals surface area contributed by atoms with Crippen molar-refractivity contribution in [3.63, 3.8) is 0 Å². The van der Waals surface area contributed by atoms with Gasteiger partial charge in [0, 0.05) is 7.05 Å². The number of carbonyl (C=O) groups excluding carboxylic acids is 1. The van der Waals surface area contributed by atoms with Crippen LogP contribution < -0.4 is 0 Å². The molecule has 136 valence electrons. The largest absolute Gasteiger partial charge is 0.444 e. The molecular formula is C15H30NO4PS2. The first-order valence-corrected chi connectivity index (χ1v) is 12.0. The van der Waals surface area contributed by atoms with Crippen LogP contribution in [0.5, 0.6) is 0 Å². The maximum absolute atomic E-state index is 12.2. The van der Waals surface area contributed by atoms with E-state index in [4.69, 9.17) is 21.1 Å². The van der Waals surface area contributed by atoms with Crippen molar-refractivity contribution >= 4 is 35.8 Å². The second kappa shape index (κ2) is 9.04. The van der Waals surface area contributed by atoms with E-state index in [2.05, 4.69) is 12.2 Å². The van der Waals surface area contributed by atoms with Gasteiger partial charge in [-0.15, -0.1) is 0 Å². The minimum Gasteiger partial charge on any atom is -0.444 e. The summed E-state index contributed by atoms with van der Waals surface area (Å²) >= 11 is 8.95. The Labute approximate surface area is 150 Å². The number of nitrogens with zero attached hydrogens (tertiary/aromatic N) is 1. The number of thiol groups is 1. The Morgan fingerprint density at radius 2 is 1.87 bits per heavy atom. The summed E-state index contributed by atoms with van der Waals surface area (Å²) in [6.45, 7) is 5.84. The third-order valence-corrected chi connectivity index (χ3v) is 4.94. The zero-order valence-electron chi connectivity index (χ0n) is 14.5. The minimum atomic E-state index is -3.08. The average molecular weight is 384 g/mol. The van der Waals surface area contributed by atoms with E-state index in [1.165, 1.54) is 17.7 Å². The number of amides is 1. The Hall–Kier alpha value is 0.190. The zero-order valence-corrected chi connectivity index (χ0v) is 17.1. The summed E-state index contributed by atoms with van der Waals surface area (Å²) < 4.78 is 11.1. The molecule has 0 aromatic heterocycles. The summed E-state index contributed by atoms with van der Waals surface area (Å²) in [5, 5.41) is 0. The Kier molecular flexibility index (Phi) is 8.35. The van der Waals surface area contributed by atoms with Crippen molar-refractivity contribution in [2.24, 2.45) is 5.92 Å². The number of rotatable bonds is 5. The van der Waals surface area contributed by atoms with Gasteiger partial charge in [0.1, 0.15) is 5.60 Å². The van der Waals surface area contributed by atoms with Crippen LogP contribution in [0, 0.1) is 5.92 Å². The SMILES string of the molecule is CN(CC(OP(O)(=S)S)C1CCCCCC1)C(=O)OC(C)(C)C. The highest BCUT2D eigenvalue weighted by Gasteiger charge is 2.30. The van der Waals surface area contributed by atoms with Crippen LogP contribution in [0.1, 0.15) is 59.3 Å². The minimum absolute atomic E-state index is 0.281. The van der Waals surface area contributed by atoms with Crippen LogP contribution in [0.15, 0.2) is 0 Å². The van der Waals surface area contributed by atoms with Crippen LogP contribution in [-0.4, -0.2) is 41.2 Å². The van der Waals surface area contributed by atoms with E-state index in [9.17, 15) is 9.69 Å². The lowest BCUT2D eigenvalue weighted by Crippen LogP contribution is -2.41. The van der Waals surface area contributed by atoms with Crippen molar-refractivity contribution in [3.8, 4) is 0 Å². The van der Waals surface area contributed by atoms with Gasteiger partial charge in [-0.25, -0.2) is 4.79 Å². The van der Waals surface area contributed by atoms with Crippen LogP contribution in [-0.2, 0) is 21.1 Å². The van der Waals surface area contributed by atoms with Crippen LogP contribution >= 0.6 is 17.9 Å². The van der Waals surface area contributed by atoms with E-state index in [1.807, 2.05) is 20.8 Å². The van der Waals surface area contributed by atoms with Crippen molar-refractivity contribution in [1.29, 1.82) is 0 Å². The standard InChI is InChI=1S/C15H30NO4PS2/c1-15(2,3)19-14(17)16(4)11-13(20-21(18,22)23)12-9-7-5-6-8-10-12/h12-13H,5-11H2,1-4H3,(H2,18,22,23). The van der Waals surface area contributed by atoms with Gasteiger partial charge in [0.15, 0.2) is 0 Å². The fraction of sp³-hybridized carbons (Fsp3) is 0.933. The third kappa shape index (κ3) is 9.30. The molecule has 8 heteroatoms. The monoisotopic (exact) mass is 383 g/mol. The molecule has 0 aromatic rings. The lowest BCUT2D eigenvalue weighted by Gasteiger charge is -2.32. The topological polar surface area (TPSA) is 59.0 Å². The zero-order chi connectivity index (χ0) is 17.7. The molecule has 1 aliphatic carbocycles. The molecule has 1 saturated carbocycles. The maximum atomic E-state index is 12.2. The van der Waals surface area contributed by atoms with Crippen molar-refractivity contribution < 1.29 is 18.9 Å². The normalized spacial score (nSPS) is 21.1. The quantitative estimate of drug-likeness (QED) is 0.420. The molecule has 1 aliphatic rings. The second-order valence-corrected chi connectivity index (χ2v) is 12.4. The Balaban J connectivity index is 2.75. The number of carbonyl (C=O) groups is 1. The van der Waals surface area contributed by atoms with Gasteiger partial charge in [-0.05, 0) is 51.3 Å². The van der Waals surface area contributed by atoms with Crippen LogP contribution in [0.2, 0.25) is 0 Å². The molecule has 0 radical (unpaired) electrons. The lowest BCUT2D eigenvalue weighted by atomic mass is 9.94. The molecule has 23 heavy (non-hydrogen) atoms. The molecule has 1 fully saturated rings. The predicted octanol–water partition coefficient (Wildman–Crippen LogP) is 4.36. The maximum Gasteiger partial charge on any atom is 0.410 e. The van der Waals surface area contributed by atoms with E-state index >= 15 is 0 Å². The highest BCUT2D eigenvalue weighted by Crippen LogP contribution is 2.50. The summed E-state index contributed by atoms with van der Waals surface area (Å²) in [4.78, 5) is 23.5. The smallest absolute Gasteiger partial charge is 0.410 e. The molecule has 1 N–H and O–H groups in total. The molecule has 0 heterocycles. The number of hydrogen-bond donors (Lipinski definition) is 2. The Bertz CT molecular complexity index is 428. The molecule has 1 rings (SSSR count). The Morgan fingerprint density at radius 1 is 1.35 bits per heavy atom. The molecule has 0 aromatic carbocycles. The second-order valence-electron chi connectivity index (χ2n) is 7.25. The van der Waals surface area contributed by atoms with Gasteiger partial charge in [0.25, 0.3) is 0 Å². The molecule has 0 aliphatic heterocycles. The van der Waals surface area contributed by atoms with E-state index in [0.717, 1.165) is 25.7 Å². The summed E-state index contributed by atoms with van der Waals surface area (Å²) in [6, 6.07) is 0. The Morgan fingerprint density at radius 3 is 2.30 bits per heavy atom. The highest BCUT2D eigenvalue weighted by atomic mass is 32.9. The molecule has 0 saturated heterocycles. The molecule has 2 atom stereocenters. The first-order chi connectivity index (χ1) is 10.5. The first kappa shape index (κ1) is 21.2. The summed E-state index contributed by atoms with van der Waals surface area (Å²) in [5.41, 5.74) is -3.62. The number of likely N-dealkylation sites (N-methyl/N-ethyl adjacent to an activating group) is 1. The first-order valence-electron chi connectivity index (χ1n) is 8.16. The predicted molar refractivity (Wildman–Crippen MR) is 100 cm³/mol. The molecule has 5 nitrogen and oxygen atoms in total. The van der Waals surface area contributed by atoms with Crippen LogP contribution in [0.25, 0.3) is 0 Å². The van der Waals surface area contributed by atoms with Gasteiger partial charge in [-0.2, -0.15) is 0 Å². The molecular weight excluding hydrogens is 353 g/mol. The van der Waals surface area contributed by atoms with Crippen LogP contribution in [0.4, 0.5) is 4.79 Å². The molecule has 0 spiro atoms. The fourth-order valence-corrected chi connectivity index (χ4v) is 4.10. The van der Waals surface area contributed by atoms with E-state index < -0.39 is 17.4 Å². The summed E-state index contributed by atoms with van der Waals surface area (Å²) in [7, 11) is 1.68. The molecule has 2 unspecified atom stereocenters. The van der Waals surface area contributed by atoms with E-state index in [1.54, 1.807) is 7.05 Å². The summed E-state index contributed by atoms with van der Waals surface area (Å²) in [5.74, 6) is 0.281. The highest BCUT2D eigenvalue weighted by molar-refractivity contribution is 8.59. The van der Waals surface area contributed by atoms with Crippen molar-refractivity contribution in [2.75, 3.05) is 13.6 Å². The third-order valence-electron chi connectivity index (χ3n) is 3.86. The van der Waals surface area contributed by atoms with Gasteiger partial charge in [-0.1, -0.05) is 37.9 Å². The number of hydrogen-bond acceptors (Lipinski definition) is 4. The fourth-order valence-electron chi connectivity index (χ4n) is 2.81. The molecule has 0 bridgehead atoms. The van der Waals surface area contributed by atoms with Crippen molar-refractivity contribution in [1.82, 2.24) is 4.90 Å². The van der Waals surface area contributed by atoms with Gasteiger partial charge in [0.05, 0.1) is 12.6 Å². The summed E-state index contributed by atoms with van der Waals surface area (Å²) in [6.07, 6.45) is 6.07. The van der Waals surface area contributed by atoms with Gasteiger partial charge >= 0.3 is 6.09 Å². The number of ether oxygens (including phenoxy) is 1. The van der Waals surface area contributed by atoms with E-state index in [-0.39, 0.29) is 12.0 Å². The van der Waals surface area contributed by atoms with Crippen LogP contribution in [0.3, 0.4) is 0 Å². The molecule has 1 amide bonds. The van der Waals surface area contributed by atoms with Gasteiger partial charge in [0.2, 0.25) is 5.69 Å². The van der Waals surface area contributed by atoms with E-state index in [0.29, 0.717) is 6.54 Å². The average Bonchev–Trinajstić information content (AvgIpc) is 2.62. The lowest BCUT2D eigenvalue weighted by molar-refractivity contribution is 0.0170.